The van der Waals surface area contributed by atoms with Gasteiger partial charge in [0.05, 0.1) is 6.54 Å². The van der Waals surface area contributed by atoms with Gasteiger partial charge in [-0.1, -0.05) is 11.6 Å². The molecule has 0 radical (unpaired) electrons. The van der Waals surface area contributed by atoms with Crippen molar-refractivity contribution in [3.05, 3.63) is 29.9 Å². The zero-order valence-electron chi connectivity index (χ0n) is 12.4. The normalized spacial score (nSPS) is 17.6. The van der Waals surface area contributed by atoms with Crippen molar-refractivity contribution in [3.63, 3.8) is 0 Å². The molecule has 0 aromatic carbocycles. The molecule has 0 unspecified atom stereocenters. The third kappa shape index (κ3) is 4.48. The molecule has 0 aliphatic carbocycles. The van der Waals surface area contributed by atoms with Crippen molar-refractivity contribution < 1.29 is 0 Å². The molecule has 0 saturated carbocycles. The maximum atomic E-state index is 4.35. The van der Waals surface area contributed by atoms with Crippen LogP contribution in [0.4, 0.5) is 0 Å². The fourth-order valence-electron chi connectivity index (χ4n) is 2.43. The monoisotopic (exact) mass is 262 g/mol. The second-order valence-electron chi connectivity index (χ2n) is 5.69. The summed E-state index contributed by atoms with van der Waals surface area (Å²) in [6, 6.07) is 0.639. The topological polar surface area (TPSA) is 33.1 Å². The number of aryl methyl sites for hydroxylation is 1. The Morgan fingerprint density at radius 3 is 2.74 bits per heavy atom. The van der Waals surface area contributed by atoms with E-state index in [1.54, 1.807) is 0 Å². The first kappa shape index (κ1) is 14.3. The molecule has 19 heavy (non-hydrogen) atoms. The number of rotatable bonds is 5. The van der Waals surface area contributed by atoms with Gasteiger partial charge in [-0.3, -0.25) is 4.90 Å². The van der Waals surface area contributed by atoms with Crippen LogP contribution in [0.5, 0.6) is 0 Å². The van der Waals surface area contributed by atoms with E-state index in [1.165, 1.54) is 31.5 Å². The van der Waals surface area contributed by atoms with E-state index in [4.69, 9.17) is 0 Å². The van der Waals surface area contributed by atoms with E-state index < -0.39 is 0 Å². The van der Waals surface area contributed by atoms with E-state index in [2.05, 4.69) is 39.7 Å². The minimum Gasteiger partial charge on any atom is -0.337 e. The minimum absolute atomic E-state index is 0.639. The molecule has 0 atom stereocenters. The lowest BCUT2D eigenvalue weighted by molar-refractivity contribution is 0.213. The summed E-state index contributed by atoms with van der Waals surface area (Å²) >= 11 is 0. The standard InChI is InChI=1S/C15H26N4/c1-13(2)4-8-19-9-5-14(6-10-19)17-12-15-16-7-11-18(15)3/h4,7,11,14,17H,5-6,8-10,12H2,1-3H3. The molecule has 2 heterocycles. The van der Waals surface area contributed by atoms with E-state index in [1.807, 2.05) is 19.4 Å². The van der Waals surface area contributed by atoms with E-state index in [9.17, 15) is 0 Å². The molecule has 4 heteroatoms. The lowest BCUT2D eigenvalue weighted by Gasteiger charge is -2.31. The van der Waals surface area contributed by atoms with Crippen molar-refractivity contribution in [2.24, 2.45) is 7.05 Å². The van der Waals surface area contributed by atoms with Crippen molar-refractivity contribution in [2.75, 3.05) is 19.6 Å². The largest absolute Gasteiger partial charge is 0.337 e. The molecule has 4 nitrogen and oxygen atoms in total. The van der Waals surface area contributed by atoms with Gasteiger partial charge in [0.2, 0.25) is 0 Å². The van der Waals surface area contributed by atoms with Gasteiger partial charge in [0.15, 0.2) is 0 Å². The average molecular weight is 262 g/mol. The summed E-state index contributed by atoms with van der Waals surface area (Å²) in [4.78, 5) is 6.88. The number of likely N-dealkylation sites (tertiary alicyclic amines) is 1. The summed E-state index contributed by atoms with van der Waals surface area (Å²) in [5.41, 5.74) is 1.41. The SMILES string of the molecule is CC(C)=CCN1CCC(NCc2nccn2C)CC1. The molecule has 1 aliphatic rings. The van der Waals surface area contributed by atoms with Crippen LogP contribution in [0.25, 0.3) is 0 Å². The Morgan fingerprint density at radius 2 is 2.16 bits per heavy atom. The van der Waals surface area contributed by atoms with Crippen molar-refractivity contribution in [1.29, 1.82) is 0 Å². The van der Waals surface area contributed by atoms with Gasteiger partial charge in [-0.05, 0) is 39.8 Å². The van der Waals surface area contributed by atoms with Crippen LogP contribution in [0.3, 0.4) is 0 Å². The third-order valence-corrected chi connectivity index (χ3v) is 3.82. The number of imidazole rings is 1. The van der Waals surface area contributed by atoms with Crippen LogP contribution in [-0.2, 0) is 13.6 Å². The molecule has 1 N–H and O–H groups in total. The van der Waals surface area contributed by atoms with Gasteiger partial charge in [0.1, 0.15) is 5.82 Å². The van der Waals surface area contributed by atoms with E-state index in [-0.39, 0.29) is 0 Å². The second kappa shape index (κ2) is 6.87. The zero-order chi connectivity index (χ0) is 13.7. The molecule has 1 saturated heterocycles. The van der Waals surface area contributed by atoms with Crippen molar-refractivity contribution in [1.82, 2.24) is 19.8 Å². The summed E-state index contributed by atoms with van der Waals surface area (Å²) in [6.45, 7) is 8.71. The first-order valence-corrected chi connectivity index (χ1v) is 7.20. The van der Waals surface area contributed by atoms with E-state index >= 15 is 0 Å². The van der Waals surface area contributed by atoms with Gasteiger partial charge < -0.3 is 9.88 Å². The van der Waals surface area contributed by atoms with Crippen LogP contribution < -0.4 is 5.32 Å². The lowest BCUT2D eigenvalue weighted by atomic mass is 10.0. The molecule has 1 aliphatic heterocycles. The summed E-state index contributed by atoms with van der Waals surface area (Å²) < 4.78 is 2.08. The van der Waals surface area contributed by atoms with Gasteiger partial charge in [-0.2, -0.15) is 0 Å². The Kier molecular flexibility index (Phi) is 5.16. The van der Waals surface area contributed by atoms with Gasteiger partial charge >= 0.3 is 0 Å². The van der Waals surface area contributed by atoms with Crippen molar-refractivity contribution in [3.8, 4) is 0 Å². The summed E-state index contributed by atoms with van der Waals surface area (Å²) in [5, 5.41) is 3.62. The Labute approximate surface area is 116 Å². The first-order valence-electron chi connectivity index (χ1n) is 7.20. The van der Waals surface area contributed by atoms with Crippen molar-refractivity contribution >= 4 is 0 Å². The number of hydrogen-bond acceptors (Lipinski definition) is 3. The molecule has 0 spiro atoms. The van der Waals surface area contributed by atoms with Gasteiger partial charge in [-0.25, -0.2) is 4.98 Å². The fraction of sp³-hybridized carbons (Fsp3) is 0.667. The van der Waals surface area contributed by atoms with Crippen molar-refractivity contribution in [2.45, 2.75) is 39.3 Å². The molecule has 1 fully saturated rings. The number of piperidine rings is 1. The highest BCUT2D eigenvalue weighted by Crippen LogP contribution is 2.11. The Balaban J connectivity index is 1.69. The third-order valence-electron chi connectivity index (χ3n) is 3.82. The second-order valence-corrected chi connectivity index (χ2v) is 5.69. The summed E-state index contributed by atoms with van der Waals surface area (Å²) in [7, 11) is 2.05. The quantitative estimate of drug-likeness (QED) is 0.823. The van der Waals surface area contributed by atoms with Crippen LogP contribution in [0.1, 0.15) is 32.5 Å². The van der Waals surface area contributed by atoms with Gasteiger partial charge in [-0.15, -0.1) is 0 Å². The number of hydrogen-bond donors (Lipinski definition) is 1. The van der Waals surface area contributed by atoms with Crippen LogP contribution in [0, 0.1) is 0 Å². The molecule has 106 valence electrons. The van der Waals surface area contributed by atoms with E-state index in [0.29, 0.717) is 6.04 Å². The summed E-state index contributed by atoms with van der Waals surface area (Å²) in [5.74, 6) is 1.12. The fourth-order valence-corrected chi connectivity index (χ4v) is 2.43. The molecule has 1 aromatic heterocycles. The lowest BCUT2D eigenvalue weighted by Crippen LogP contribution is -2.42. The number of nitrogens with one attached hydrogen (secondary N) is 1. The van der Waals surface area contributed by atoms with Crippen LogP contribution >= 0.6 is 0 Å². The Bertz CT molecular complexity index is 410. The highest BCUT2D eigenvalue weighted by atomic mass is 15.1. The predicted octanol–water partition coefficient (Wildman–Crippen LogP) is 1.94. The molecule has 2 rings (SSSR count). The highest BCUT2D eigenvalue weighted by Gasteiger charge is 2.18. The molecule has 0 bridgehead atoms. The Hall–Kier alpha value is -1.13. The average Bonchev–Trinajstić information content (AvgIpc) is 2.81. The highest BCUT2D eigenvalue weighted by molar-refractivity contribution is 4.96. The maximum Gasteiger partial charge on any atom is 0.122 e. The van der Waals surface area contributed by atoms with Gasteiger partial charge in [0, 0.05) is 32.0 Å². The smallest absolute Gasteiger partial charge is 0.122 e. The number of aromatic nitrogens is 2. The molecule has 1 aromatic rings. The van der Waals surface area contributed by atoms with Crippen LogP contribution in [0.2, 0.25) is 0 Å². The predicted molar refractivity (Wildman–Crippen MR) is 78.9 cm³/mol. The molecular weight excluding hydrogens is 236 g/mol. The molecular formula is C15H26N4. The maximum absolute atomic E-state index is 4.35. The van der Waals surface area contributed by atoms with Crippen LogP contribution in [-0.4, -0.2) is 40.1 Å². The first-order chi connectivity index (χ1) is 9.15. The Morgan fingerprint density at radius 1 is 1.42 bits per heavy atom. The molecule has 0 amide bonds. The van der Waals surface area contributed by atoms with E-state index in [0.717, 1.165) is 18.9 Å². The number of allylic oxidation sites excluding steroid dienone is 1. The minimum atomic E-state index is 0.639. The zero-order valence-corrected chi connectivity index (χ0v) is 12.4. The van der Waals surface area contributed by atoms with Gasteiger partial charge in [0.25, 0.3) is 0 Å². The number of nitrogens with zero attached hydrogens (tertiary/aromatic N) is 3. The summed E-state index contributed by atoms with van der Waals surface area (Å²) in [6.07, 6.45) is 8.65. The van der Waals surface area contributed by atoms with Crippen LogP contribution in [0.15, 0.2) is 24.0 Å².